The van der Waals surface area contributed by atoms with Gasteiger partial charge in [0.15, 0.2) is 17.5 Å². The number of benzene rings is 2. The van der Waals surface area contributed by atoms with Crippen LogP contribution in [0.4, 0.5) is 23.2 Å². The molecule has 0 fully saturated rings. The van der Waals surface area contributed by atoms with Crippen molar-refractivity contribution in [2.75, 3.05) is 5.32 Å². The average molecular weight is 368 g/mol. The first-order valence-electron chi connectivity index (χ1n) is 7.60. The van der Waals surface area contributed by atoms with Crippen molar-refractivity contribution in [1.29, 1.82) is 0 Å². The zero-order valence-corrected chi connectivity index (χ0v) is 14.0. The smallest absolute Gasteiger partial charge is 0.239 e. The number of nitrogens with one attached hydrogen (secondary N) is 2. The standard InChI is InChI=1S/C18H16F4N2O2/c1-18(2,16(25)23-9-10-3-5-11(19)6-4-10)17(26)24-13-8-7-12(20)14(21)15(13)22/h3-8H,9H2,1-2H3,(H,23,25)(H,24,26). The number of rotatable bonds is 5. The molecule has 2 aromatic rings. The van der Waals surface area contributed by atoms with E-state index in [4.69, 9.17) is 0 Å². The van der Waals surface area contributed by atoms with Crippen LogP contribution in [0.1, 0.15) is 19.4 Å². The third-order valence-electron chi connectivity index (χ3n) is 3.79. The van der Waals surface area contributed by atoms with Gasteiger partial charge in [0.05, 0.1) is 5.69 Å². The van der Waals surface area contributed by atoms with Crippen LogP contribution >= 0.6 is 0 Å². The molecule has 0 heterocycles. The van der Waals surface area contributed by atoms with E-state index >= 15 is 0 Å². The number of amides is 2. The molecule has 26 heavy (non-hydrogen) atoms. The summed E-state index contributed by atoms with van der Waals surface area (Å²) in [5.41, 5.74) is -1.59. The van der Waals surface area contributed by atoms with Crippen LogP contribution in [0.2, 0.25) is 0 Å². The third kappa shape index (κ3) is 4.19. The van der Waals surface area contributed by atoms with Gasteiger partial charge >= 0.3 is 0 Å². The summed E-state index contributed by atoms with van der Waals surface area (Å²) in [6.07, 6.45) is 0. The maximum atomic E-state index is 13.7. The predicted octanol–water partition coefficient (Wildman–Crippen LogP) is 3.52. The van der Waals surface area contributed by atoms with Crippen LogP contribution in [0.5, 0.6) is 0 Å². The van der Waals surface area contributed by atoms with Crippen LogP contribution in [0, 0.1) is 28.7 Å². The van der Waals surface area contributed by atoms with Gasteiger partial charge in [0.25, 0.3) is 0 Å². The Bertz CT molecular complexity index is 836. The van der Waals surface area contributed by atoms with E-state index in [1.807, 2.05) is 0 Å². The Hall–Kier alpha value is -2.90. The highest BCUT2D eigenvalue weighted by Gasteiger charge is 2.36. The van der Waals surface area contributed by atoms with Gasteiger partial charge in [-0.25, -0.2) is 17.6 Å². The highest BCUT2D eigenvalue weighted by Crippen LogP contribution is 2.23. The van der Waals surface area contributed by atoms with E-state index in [-0.39, 0.29) is 6.54 Å². The molecule has 0 aromatic heterocycles. The Morgan fingerprint density at radius 3 is 2.12 bits per heavy atom. The molecule has 0 saturated heterocycles. The summed E-state index contributed by atoms with van der Waals surface area (Å²) in [5.74, 6) is -6.67. The lowest BCUT2D eigenvalue weighted by Crippen LogP contribution is -2.45. The number of carbonyl (C=O) groups excluding carboxylic acids is 2. The number of hydrogen-bond acceptors (Lipinski definition) is 2. The second-order valence-electron chi connectivity index (χ2n) is 6.11. The summed E-state index contributed by atoms with van der Waals surface area (Å²) in [4.78, 5) is 24.5. The Labute approximate surface area is 147 Å². The lowest BCUT2D eigenvalue weighted by Gasteiger charge is -2.23. The summed E-state index contributed by atoms with van der Waals surface area (Å²) in [6, 6.07) is 6.92. The lowest BCUT2D eigenvalue weighted by atomic mass is 9.90. The van der Waals surface area contributed by atoms with Crippen LogP contribution in [-0.4, -0.2) is 11.8 Å². The maximum Gasteiger partial charge on any atom is 0.239 e. The second-order valence-corrected chi connectivity index (χ2v) is 6.11. The number of anilines is 1. The van der Waals surface area contributed by atoms with Gasteiger partial charge in [0.1, 0.15) is 11.2 Å². The van der Waals surface area contributed by atoms with E-state index in [1.54, 1.807) is 0 Å². The molecular weight excluding hydrogens is 352 g/mol. The summed E-state index contributed by atoms with van der Waals surface area (Å²) in [7, 11) is 0. The summed E-state index contributed by atoms with van der Waals surface area (Å²) in [5, 5.41) is 4.58. The van der Waals surface area contributed by atoms with Gasteiger partial charge in [0, 0.05) is 6.54 Å². The molecule has 2 rings (SSSR count). The summed E-state index contributed by atoms with van der Waals surface area (Å²) in [6.45, 7) is 2.63. The van der Waals surface area contributed by atoms with Gasteiger partial charge in [0.2, 0.25) is 11.8 Å². The zero-order chi connectivity index (χ0) is 19.5. The van der Waals surface area contributed by atoms with Crippen molar-refractivity contribution >= 4 is 17.5 Å². The first-order chi connectivity index (χ1) is 12.1. The Morgan fingerprint density at radius 2 is 1.50 bits per heavy atom. The van der Waals surface area contributed by atoms with E-state index in [0.717, 1.165) is 6.07 Å². The van der Waals surface area contributed by atoms with Crippen molar-refractivity contribution in [3.05, 3.63) is 65.2 Å². The van der Waals surface area contributed by atoms with E-state index in [2.05, 4.69) is 10.6 Å². The van der Waals surface area contributed by atoms with Crippen LogP contribution in [-0.2, 0) is 16.1 Å². The molecule has 2 aromatic carbocycles. The zero-order valence-electron chi connectivity index (χ0n) is 14.0. The van der Waals surface area contributed by atoms with Crippen LogP contribution in [0.15, 0.2) is 36.4 Å². The van der Waals surface area contributed by atoms with Crippen LogP contribution < -0.4 is 10.6 Å². The molecule has 2 N–H and O–H groups in total. The fraction of sp³-hybridized carbons (Fsp3) is 0.222. The monoisotopic (exact) mass is 368 g/mol. The Morgan fingerprint density at radius 1 is 0.885 bits per heavy atom. The van der Waals surface area contributed by atoms with E-state index < -0.39 is 46.2 Å². The van der Waals surface area contributed by atoms with Gasteiger partial charge in [-0.1, -0.05) is 12.1 Å². The van der Waals surface area contributed by atoms with E-state index in [1.165, 1.54) is 38.1 Å². The van der Waals surface area contributed by atoms with Crippen molar-refractivity contribution in [2.24, 2.45) is 5.41 Å². The molecule has 0 atom stereocenters. The van der Waals surface area contributed by atoms with E-state index in [9.17, 15) is 27.2 Å². The molecule has 0 aliphatic carbocycles. The Balaban J connectivity index is 2.05. The van der Waals surface area contributed by atoms with Gasteiger partial charge in [-0.3, -0.25) is 9.59 Å². The minimum absolute atomic E-state index is 0.0510. The normalized spacial score (nSPS) is 11.2. The second kappa shape index (κ2) is 7.55. The van der Waals surface area contributed by atoms with Gasteiger partial charge in [-0.2, -0.15) is 0 Å². The van der Waals surface area contributed by atoms with Crippen molar-refractivity contribution < 1.29 is 27.2 Å². The van der Waals surface area contributed by atoms with Crippen molar-refractivity contribution in [2.45, 2.75) is 20.4 Å². The minimum atomic E-state index is -1.72. The van der Waals surface area contributed by atoms with Gasteiger partial charge in [-0.05, 0) is 43.7 Å². The molecule has 138 valence electrons. The average Bonchev–Trinajstić information content (AvgIpc) is 2.61. The summed E-state index contributed by atoms with van der Waals surface area (Å²) < 4.78 is 52.7. The first kappa shape index (κ1) is 19.4. The van der Waals surface area contributed by atoms with Crippen molar-refractivity contribution in [1.82, 2.24) is 5.32 Å². The minimum Gasteiger partial charge on any atom is -0.351 e. The predicted molar refractivity (Wildman–Crippen MR) is 87.0 cm³/mol. The molecule has 0 aliphatic heterocycles. The molecule has 0 unspecified atom stereocenters. The molecule has 0 radical (unpaired) electrons. The van der Waals surface area contributed by atoms with Gasteiger partial charge < -0.3 is 10.6 Å². The quantitative estimate of drug-likeness (QED) is 0.482. The number of carbonyl (C=O) groups is 2. The molecule has 0 saturated carbocycles. The van der Waals surface area contributed by atoms with Crippen LogP contribution in [0.3, 0.4) is 0 Å². The Kier molecular flexibility index (Phi) is 5.64. The SMILES string of the molecule is CC(C)(C(=O)NCc1ccc(F)cc1)C(=O)Nc1ccc(F)c(F)c1F. The summed E-state index contributed by atoms with van der Waals surface area (Å²) >= 11 is 0. The molecule has 2 amide bonds. The number of hydrogen-bond donors (Lipinski definition) is 2. The molecule has 0 aliphatic rings. The molecule has 0 bridgehead atoms. The van der Waals surface area contributed by atoms with Gasteiger partial charge in [-0.15, -0.1) is 0 Å². The highest BCUT2D eigenvalue weighted by molar-refractivity contribution is 6.09. The fourth-order valence-electron chi connectivity index (χ4n) is 2.01. The van der Waals surface area contributed by atoms with Crippen molar-refractivity contribution in [3.8, 4) is 0 Å². The topological polar surface area (TPSA) is 58.2 Å². The molecule has 8 heteroatoms. The van der Waals surface area contributed by atoms with Crippen molar-refractivity contribution in [3.63, 3.8) is 0 Å². The molecule has 4 nitrogen and oxygen atoms in total. The van der Waals surface area contributed by atoms with E-state index in [0.29, 0.717) is 11.6 Å². The third-order valence-corrected chi connectivity index (χ3v) is 3.79. The largest absolute Gasteiger partial charge is 0.351 e. The first-order valence-corrected chi connectivity index (χ1v) is 7.60. The maximum absolute atomic E-state index is 13.7. The number of halogens is 4. The molecule has 0 spiro atoms. The highest BCUT2D eigenvalue weighted by atomic mass is 19.2. The lowest BCUT2D eigenvalue weighted by molar-refractivity contribution is -0.138. The van der Waals surface area contributed by atoms with Crippen LogP contribution in [0.25, 0.3) is 0 Å². The fourth-order valence-corrected chi connectivity index (χ4v) is 2.01. The molecular formula is C18H16F4N2O2.